The highest BCUT2D eigenvalue weighted by molar-refractivity contribution is 7.10. The molecule has 3 atom stereocenters. The third kappa shape index (κ3) is 5.06. The summed E-state index contributed by atoms with van der Waals surface area (Å²) in [4.78, 5) is 28.7. The second-order valence-corrected chi connectivity index (χ2v) is 8.91. The minimum atomic E-state index is -1.11. The first-order valence-corrected chi connectivity index (χ1v) is 11.2. The number of hydrogen-bond acceptors (Lipinski definition) is 4. The Balaban J connectivity index is 1.89. The van der Waals surface area contributed by atoms with Crippen molar-refractivity contribution >= 4 is 23.2 Å². The molecule has 1 aromatic heterocycles. The van der Waals surface area contributed by atoms with E-state index in [0.29, 0.717) is 24.9 Å². The molecule has 29 heavy (non-hydrogen) atoms. The first-order valence-electron chi connectivity index (χ1n) is 10.3. The largest absolute Gasteiger partial charge is 0.388 e. The van der Waals surface area contributed by atoms with Crippen LogP contribution in [0, 0.1) is 0 Å². The van der Waals surface area contributed by atoms with E-state index in [1.807, 2.05) is 40.6 Å². The van der Waals surface area contributed by atoms with Crippen molar-refractivity contribution in [3.63, 3.8) is 0 Å². The molecule has 0 saturated carbocycles. The number of carbonyl (C=O) groups excluding carboxylic acids is 2. The monoisotopic (exact) mass is 414 g/mol. The van der Waals surface area contributed by atoms with Crippen molar-refractivity contribution in [1.82, 2.24) is 10.2 Å². The van der Waals surface area contributed by atoms with E-state index in [2.05, 4.69) is 12.2 Å². The fraction of sp³-hybridized carbons (Fsp3) is 0.478. The molecule has 2 N–H and O–H groups in total. The number of piperidine rings is 1. The second-order valence-electron chi connectivity index (χ2n) is 7.93. The van der Waals surface area contributed by atoms with Gasteiger partial charge in [-0.2, -0.15) is 0 Å². The van der Waals surface area contributed by atoms with Crippen molar-refractivity contribution in [1.29, 1.82) is 0 Å². The van der Waals surface area contributed by atoms with Crippen molar-refractivity contribution in [2.45, 2.75) is 63.6 Å². The van der Waals surface area contributed by atoms with Gasteiger partial charge >= 0.3 is 0 Å². The van der Waals surface area contributed by atoms with Crippen molar-refractivity contribution in [2.24, 2.45) is 0 Å². The number of amides is 2. The van der Waals surface area contributed by atoms with Gasteiger partial charge in [0.2, 0.25) is 5.91 Å². The van der Waals surface area contributed by atoms with Gasteiger partial charge in [0.25, 0.3) is 5.91 Å². The Hall–Kier alpha value is -2.18. The summed E-state index contributed by atoms with van der Waals surface area (Å²) in [7, 11) is 0. The molecule has 6 heteroatoms. The summed E-state index contributed by atoms with van der Waals surface area (Å²) in [6.45, 7) is 4.35. The maximum atomic E-state index is 13.0. The lowest BCUT2D eigenvalue weighted by Gasteiger charge is -2.48. The van der Waals surface area contributed by atoms with Crippen LogP contribution in [0.1, 0.15) is 67.2 Å². The first-order chi connectivity index (χ1) is 13.9. The van der Waals surface area contributed by atoms with Crippen LogP contribution < -0.4 is 5.32 Å². The lowest BCUT2D eigenvalue weighted by Crippen LogP contribution is -2.63. The molecule has 2 aromatic rings. The number of carbonyl (C=O) groups is 2. The zero-order valence-corrected chi connectivity index (χ0v) is 18.0. The summed E-state index contributed by atoms with van der Waals surface area (Å²) >= 11 is 1.55. The van der Waals surface area contributed by atoms with E-state index in [9.17, 15) is 14.7 Å². The maximum absolute atomic E-state index is 13.0. The highest BCUT2D eigenvalue weighted by Gasteiger charge is 2.48. The fourth-order valence-corrected chi connectivity index (χ4v) is 4.81. The molecule has 0 spiro atoms. The molecule has 1 saturated heterocycles. The van der Waals surface area contributed by atoms with Crippen LogP contribution in [-0.4, -0.2) is 40.0 Å². The van der Waals surface area contributed by atoms with Crippen molar-refractivity contribution in [3.05, 3.63) is 58.3 Å². The van der Waals surface area contributed by atoms with E-state index in [1.165, 1.54) is 0 Å². The fourth-order valence-electron chi connectivity index (χ4n) is 3.94. The van der Waals surface area contributed by atoms with Crippen molar-refractivity contribution in [2.75, 3.05) is 6.54 Å². The third-order valence-corrected chi connectivity index (χ3v) is 6.60. The average Bonchev–Trinajstić information content (AvgIpc) is 3.24. The van der Waals surface area contributed by atoms with Gasteiger partial charge < -0.3 is 15.3 Å². The molecule has 1 fully saturated rings. The number of nitrogens with zero attached hydrogens (tertiary/aromatic N) is 1. The summed E-state index contributed by atoms with van der Waals surface area (Å²) in [5.41, 5.74) is -0.570. The van der Waals surface area contributed by atoms with E-state index in [1.54, 1.807) is 30.4 Å². The Labute approximate surface area is 176 Å². The molecule has 0 unspecified atom stereocenters. The summed E-state index contributed by atoms with van der Waals surface area (Å²) in [5.74, 6) is -0.149. The van der Waals surface area contributed by atoms with Gasteiger partial charge in [-0.15, -0.1) is 11.3 Å². The van der Waals surface area contributed by atoms with E-state index < -0.39 is 11.6 Å². The number of rotatable bonds is 7. The second kappa shape index (κ2) is 9.55. The number of nitrogens with one attached hydrogen (secondary N) is 1. The Morgan fingerprint density at radius 3 is 2.62 bits per heavy atom. The minimum absolute atomic E-state index is 0.0892. The summed E-state index contributed by atoms with van der Waals surface area (Å²) < 4.78 is 0. The van der Waals surface area contributed by atoms with E-state index in [-0.39, 0.29) is 17.9 Å². The van der Waals surface area contributed by atoms with Gasteiger partial charge in [0.1, 0.15) is 0 Å². The smallest absolute Gasteiger partial charge is 0.251 e. The molecule has 5 nitrogen and oxygen atoms in total. The predicted octanol–water partition coefficient (Wildman–Crippen LogP) is 4.15. The van der Waals surface area contributed by atoms with Crippen LogP contribution in [0.2, 0.25) is 0 Å². The number of thiophene rings is 1. The lowest BCUT2D eigenvalue weighted by atomic mass is 9.81. The summed E-state index contributed by atoms with van der Waals surface area (Å²) in [6, 6.07) is 11.9. The third-order valence-electron chi connectivity index (χ3n) is 5.65. The van der Waals surface area contributed by atoms with Crippen LogP contribution in [0.3, 0.4) is 0 Å². The zero-order chi connectivity index (χ0) is 20.9. The van der Waals surface area contributed by atoms with Gasteiger partial charge in [-0.3, -0.25) is 9.59 Å². The molecular formula is C23H30N2O3S. The topological polar surface area (TPSA) is 69.6 Å². The highest BCUT2D eigenvalue weighted by atomic mass is 32.1. The standard InChI is InChI=1S/C23H30N2O3S/c1-3-4-6-13-19(26)25-15-14-23(2,28)21(20(25)18-12-9-16-29-18)24-22(27)17-10-7-5-8-11-17/h5,7-12,16,20-21,28H,3-4,6,13-15H2,1-2H3,(H,24,27)/t20-,21-,23+/m0/s1. The highest BCUT2D eigenvalue weighted by Crippen LogP contribution is 2.39. The van der Waals surface area contributed by atoms with Gasteiger partial charge in [0.15, 0.2) is 0 Å². The van der Waals surface area contributed by atoms with E-state index in [4.69, 9.17) is 0 Å². The molecule has 0 aliphatic carbocycles. The average molecular weight is 415 g/mol. The van der Waals surface area contributed by atoms with E-state index in [0.717, 1.165) is 24.1 Å². The van der Waals surface area contributed by atoms with Gasteiger partial charge in [-0.1, -0.05) is 44.0 Å². The molecule has 1 aromatic carbocycles. The lowest BCUT2D eigenvalue weighted by molar-refractivity contribution is -0.142. The maximum Gasteiger partial charge on any atom is 0.251 e. The van der Waals surface area contributed by atoms with Gasteiger partial charge in [0, 0.05) is 23.4 Å². The number of likely N-dealkylation sites (tertiary alicyclic amines) is 1. The minimum Gasteiger partial charge on any atom is -0.388 e. The molecule has 1 aliphatic rings. The number of unbranched alkanes of at least 4 members (excludes halogenated alkanes) is 2. The van der Waals surface area contributed by atoms with Crippen LogP contribution in [0.15, 0.2) is 47.8 Å². The van der Waals surface area contributed by atoms with E-state index >= 15 is 0 Å². The summed E-state index contributed by atoms with van der Waals surface area (Å²) in [5, 5.41) is 16.2. The van der Waals surface area contributed by atoms with Crippen LogP contribution in [0.5, 0.6) is 0 Å². The van der Waals surface area contributed by atoms with Crippen LogP contribution in [0.25, 0.3) is 0 Å². The molecule has 1 aliphatic heterocycles. The number of aliphatic hydroxyl groups is 1. The van der Waals surface area contributed by atoms with Crippen LogP contribution >= 0.6 is 11.3 Å². The molecule has 156 valence electrons. The van der Waals surface area contributed by atoms with Crippen LogP contribution in [-0.2, 0) is 4.79 Å². The number of hydrogen-bond donors (Lipinski definition) is 2. The number of benzene rings is 1. The Bertz CT molecular complexity index is 805. The first kappa shape index (κ1) is 21.5. The molecule has 2 heterocycles. The Morgan fingerprint density at radius 1 is 1.21 bits per heavy atom. The van der Waals surface area contributed by atoms with Crippen LogP contribution in [0.4, 0.5) is 0 Å². The molecule has 0 bridgehead atoms. The Morgan fingerprint density at radius 2 is 1.97 bits per heavy atom. The predicted molar refractivity (Wildman–Crippen MR) is 116 cm³/mol. The zero-order valence-electron chi connectivity index (χ0n) is 17.1. The van der Waals surface area contributed by atoms with Crippen molar-refractivity contribution in [3.8, 4) is 0 Å². The Kier molecular flexibility index (Phi) is 7.09. The quantitative estimate of drug-likeness (QED) is 0.669. The molecule has 2 amide bonds. The van der Waals surface area contributed by atoms with Gasteiger partial charge in [-0.05, 0) is 43.3 Å². The molecule has 0 radical (unpaired) electrons. The summed E-state index contributed by atoms with van der Waals surface area (Å²) in [6.07, 6.45) is 3.87. The van der Waals surface area contributed by atoms with Gasteiger partial charge in [-0.25, -0.2) is 0 Å². The molecular weight excluding hydrogens is 384 g/mol. The molecule has 3 rings (SSSR count). The normalized spacial score (nSPS) is 24.3. The van der Waals surface area contributed by atoms with Gasteiger partial charge in [0.05, 0.1) is 17.7 Å². The van der Waals surface area contributed by atoms with Crippen molar-refractivity contribution < 1.29 is 14.7 Å². The SMILES string of the molecule is CCCCCC(=O)N1CC[C@@](C)(O)[C@@H](NC(=O)c2ccccc2)[C@@H]1c1cccs1.